The second-order valence-corrected chi connectivity index (χ2v) is 20.8. The molecule has 0 aliphatic heterocycles. The number of carbonyl (C=O) groups excluding carboxylic acids is 3. The summed E-state index contributed by atoms with van der Waals surface area (Å²) >= 11 is 0. The molecule has 0 heterocycles. The minimum atomic E-state index is -0.763. The maximum absolute atomic E-state index is 12.8. The minimum Gasteiger partial charge on any atom is -0.462 e. The van der Waals surface area contributed by atoms with E-state index in [0.717, 1.165) is 75.5 Å². The normalized spacial score (nSPS) is 12.6. The third kappa shape index (κ3) is 49.7. The summed E-state index contributed by atoms with van der Waals surface area (Å²) in [6, 6.07) is 0. The number of unbranched alkanes of at least 4 members (excludes halogenated alkanes) is 32. The lowest BCUT2D eigenvalue weighted by atomic mass is 9.99. The van der Waals surface area contributed by atoms with E-state index in [0.29, 0.717) is 19.3 Å². The van der Waals surface area contributed by atoms with Gasteiger partial charge in [0.15, 0.2) is 6.10 Å². The van der Waals surface area contributed by atoms with E-state index in [9.17, 15) is 14.4 Å². The fraction of sp³-hybridized carbons (Fsp3) is 0.947. The van der Waals surface area contributed by atoms with Crippen molar-refractivity contribution in [3.05, 3.63) is 0 Å². The Morgan fingerprint density at radius 3 is 0.825 bits per heavy atom. The number of hydrogen-bond donors (Lipinski definition) is 0. The Bertz CT molecular complexity index is 978. The summed E-state index contributed by atoms with van der Waals surface area (Å²) < 4.78 is 16.8. The summed E-state index contributed by atoms with van der Waals surface area (Å²) in [6.45, 7) is 13.7. The Balaban J connectivity index is 4.20. The van der Waals surface area contributed by atoms with E-state index in [-0.39, 0.29) is 31.1 Å². The fourth-order valence-corrected chi connectivity index (χ4v) is 8.61. The molecule has 0 aliphatic rings. The van der Waals surface area contributed by atoms with Crippen LogP contribution in [0.5, 0.6) is 0 Å². The molecule has 63 heavy (non-hydrogen) atoms. The van der Waals surface area contributed by atoms with Gasteiger partial charge in [0.25, 0.3) is 0 Å². The van der Waals surface area contributed by atoms with Crippen molar-refractivity contribution in [1.82, 2.24) is 0 Å². The summed E-state index contributed by atoms with van der Waals surface area (Å²) in [4.78, 5) is 38.0. The maximum Gasteiger partial charge on any atom is 0.306 e. The second-order valence-electron chi connectivity index (χ2n) is 20.8. The van der Waals surface area contributed by atoms with Crippen molar-refractivity contribution in [2.45, 2.75) is 317 Å². The zero-order valence-corrected chi connectivity index (χ0v) is 43.4. The monoisotopic (exact) mass is 891 g/mol. The van der Waals surface area contributed by atoms with Crippen LogP contribution in [0.1, 0.15) is 311 Å². The molecule has 0 rings (SSSR count). The lowest BCUT2D eigenvalue weighted by molar-refractivity contribution is -0.167. The number of esters is 3. The molecule has 0 spiro atoms. The summed E-state index contributed by atoms with van der Waals surface area (Å²) in [5, 5.41) is 0. The molecule has 0 amide bonds. The molecule has 0 saturated carbocycles. The third-order valence-corrected chi connectivity index (χ3v) is 13.3. The van der Waals surface area contributed by atoms with Gasteiger partial charge in [-0.15, -0.1) is 0 Å². The largest absolute Gasteiger partial charge is 0.462 e. The average Bonchev–Trinajstić information content (AvgIpc) is 3.25. The highest BCUT2D eigenvalue weighted by molar-refractivity contribution is 5.71. The van der Waals surface area contributed by atoms with Crippen LogP contribution in [0.4, 0.5) is 0 Å². The van der Waals surface area contributed by atoms with Crippen molar-refractivity contribution in [2.75, 3.05) is 13.2 Å². The highest BCUT2D eigenvalue weighted by Gasteiger charge is 2.19. The standard InChI is InChI=1S/C57H110O6/c1-7-53(6)45-39-33-26-22-18-14-12-10-8-9-11-13-15-19-24-28-36-42-48-57(60)63-54(50-62-56(59)47-41-35-30-29-32-38-44-52(4)5)49-61-55(58)46-40-34-27-23-20-16-17-21-25-31-37-43-51(2)3/h51-54H,7-50H2,1-6H3/t53?,54-/m0/s1. The molecule has 0 saturated heterocycles. The molecule has 2 atom stereocenters. The van der Waals surface area contributed by atoms with Crippen LogP contribution in [0.15, 0.2) is 0 Å². The van der Waals surface area contributed by atoms with E-state index in [1.54, 1.807) is 0 Å². The molecule has 0 aromatic rings. The molecule has 1 unspecified atom stereocenters. The molecule has 0 aromatic carbocycles. The molecule has 0 aliphatic carbocycles. The van der Waals surface area contributed by atoms with Crippen LogP contribution in [0.25, 0.3) is 0 Å². The number of hydrogen-bond acceptors (Lipinski definition) is 6. The predicted molar refractivity (Wildman–Crippen MR) is 270 cm³/mol. The quantitative estimate of drug-likeness (QED) is 0.0344. The Labute approximate surface area is 393 Å². The Kier molecular flexibility index (Phi) is 47.1. The highest BCUT2D eigenvalue weighted by Crippen LogP contribution is 2.19. The van der Waals surface area contributed by atoms with E-state index in [2.05, 4.69) is 41.5 Å². The van der Waals surface area contributed by atoms with E-state index in [1.165, 1.54) is 193 Å². The summed E-state index contributed by atoms with van der Waals surface area (Å²) in [6.07, 6.45) is 49.7. The van der Waals surface area contributed by atoms with Gasteiger partial charge in [0, 0.05) is 19.3 Å². The molecule has 374 valence electrons. The summed E-state index contributed by atoms with van der Waals surface area (Å²) in [5.41, 5.74) is 0. The van der Waals surface area contributed by atoms with Crippen molar-refractivity contribution in [2.24, 2.45) is 17.8 Å². The van der Waals surface area contributed by atoms with E-state index < -0.39 is 6.10 Å². The topological polar surface area (TPSA) is 78.9 Å². The van der Waals surface area contributed by atoms with Gasteiger partial charge in [-0.3, -0.25) is 14.4 Å². The SMILES string of the molecule is CCC(C)CCCCCCCCCCCCCCCCCCCCC(=O)O[C@@H](COC(=O)CCCCCCCCCCCCCC(C)C)COC(=O)CCCCCCCCC(C)C. The lowest BCUT2D eigenvalue weighted by Crippen LogP contribution is -2.30. The average molecular weight is 892 g/mol. The van der Waals surface area contributed by atoms with E-state index in [1.807, 2.05) is 0 Å². The second kappa shape index (κ2) is 48.3. The van der Waals surface area contributed by atoms with Crippen molar-refractivity contribution < 1.29 is 28.6 Å². The molecular weight excluding hydrogens is 781 g/mol. The fourth-order valence-electron chi connectivity index (χ4n) is 8.61. The van der Waals surface area contributed by atoms with Gasteiger partial charge >= 0.3 is 17.9 Å². The molecule has 6 nitrogen and oxygen atoms in total. The molecule has 0 N–H and O–H groups in total. The van der Waals surface area contributed by atoms with Crippen LogP contribution >= 0.6 is 0 Å². The first kappa shape index (κ1) is 61.4. The Hall–Kier alpha value is -1.59. The van der Waals surface area contributed by atoms with Gasteiger partial charge in [-0.1, -0.05) is 273 Å². The first-order valence-corrected chi connectivity index (χ1v) is 28.1. The van der Waals surface area contributed by atoms with Crippen molar-refractivity contribution >= 4 is 17.9 Å². The molecular formula is C57H110O6. The van der Waals surface area contributed by atoms with Gasteiger partial charge in [0.05, 0.1) is 0 Å². The van der Waals surface area contributed by atoms with Crippen molar-refractivity contribution in [1.29, 1.82) is 0 Å². The molecule has 0 radical (unpaired) electrons. The Morgan fingerprint density at radius 1 is 0.317 bits per heavy atom. The maximum atomic E-state index is 12.8. The van der Waals surface area contributed by atoms with Gasteiger partial charge < -0.3 is 14.2 Å². The van der Waals surface area contributed by atoms with E-state index in [4.69, 9.17) is 14.2 Å². The lowest BCUT2D eigenvalue weighted by Gasteiger charge is -2.18. The number of carbonyl (C=O) groups is 3. The van der Waals surface area contributed by atoms with Crippen LogP contribution < -0.4 is 0 Å². The zero-order chi connectivity index (χ0) is 46.3. The van der Waals surface area contributed by atoms with Crippen molar-refractivity contribution in [3.63, 3.8) is 0 Å². The van der Waals surface area contributed by atoms with E-state index >= 15 is 0 Å². The van der Waals surface area contributed by atoms with Crippen LogP contribution in [0.2, 0.25) is 0 Å². The van der Waals surface area contributed by atoms with Gasteiger partial charge in [-0.2, -0.15) is 0 Å². The molecule has 0 fully saturated rings. The van der Waals surface area contributed by atoms with Crippen LogP contribution in [0, 0.1) is 17.8 Å². The van der Waals surface area contributed by atoms with Crippen LogP contribution in [-0.2, 0) is 28.6 Å². The van der Waals surface area contributed by atoms with Crippen molar-refractivity contribution in [3.8, 4) is 0 Å². The van der Waals surface area contributed by atoms with Gasteiger partial charge in [-0.05, 0) is 37.0 Å². The van der Waals surface area contributed by atoms with Gasteiger partial charge in [0.2, 0.25) is 0 Å². The first-order valence-electron chi connectivity index (χ1n) is 28.1. The first-order chi connectivity index (χ1) is 30.6. The summed E-state index contributed by atoms with van der Waals surface area (Å²) in [5.74, 6) is 1.65. The molecule has 0 aromatic heterocycles. The number of ether oxygens (including phenoxy) is 3. The predicted octanol–water partition coefficient (Wildman–Crippen LogP) is 18.3. The highest BCUT2D eigenvalue weighted by atomic mass is 16.6. The summed E-state index contributed by atoms with van der Waals surface area (Å²) in [7, 11) is 0. The third-order valence-electron chi connectivity index (χ3n) is 13.3. The van der Waals surface area contributed by atoms with Gasteiger partial charge in [0.1, 0.15) is 13.2 Å². The molecule has 0 bridgehead atoms. The smallest absolute Gasteiger partial charge is 0.306 e. The zero-order valence-electron chi connectivity index (χ0n) is 43.4. The van der Waals surface area contributed by atoms with Crippen LogP contribution in [-0.4, -0.2) is 37.2 Å². The van der Waals surface area contributed by atoms with Gasteiger partial charge in [-0.25, -0.2) is 0 Å². The molecule has 6 heteroatoms. The van der Waals surface area contributed by atoms with Crippen LogP contribution in [0.3, 0.4) is 0 Å². The minimum absolute atomic E-state index is 0.0649. The number of rotatable bonds is 50. The Morgan fingerprint density at radius 2 is 0.556 bits per heavy atom.